The van der Waals surface area contributed by atoms with Crippen LogP contribution in [0.2, 0.25) is 0 Å². The van der Waals surface area contributed by atoms with Gasteiger partial charge in [0.15, 0.2) is 5.78 Å². The first kappa shape index (κ1) is 23.2. The molecule has 1 N–H and O–H groups in total. The van der Waals surface area contributed by atoms with Crippen molar-refractivity contribution < 1.29 is 19.4 Å². The molecule has 2 heterocycles. The number of aromatic hydroxyl groups is 1. The molecule has 1 spiro atoms. The number of likely N-dealkylation sites (N-methyl/N-ethyl adjacent to an activating group) is 1. The maximum absolute atomic E-state index is 14.1. The van der Waals surface area contributed by atoms with Crippen LogP contribution in [0.1, 0.15) is 76.3 Å². The van der Waals surface area contributed by atoms with Crippen molar-refractivity contribution in [1.82, 2.24) is 4.90 Å². The average molecular weight is 472 g/mol. The van der Waals surface area contributed by atoms with E-state index < -0.39 is 10.7 Å². The number of Topliss-reactive ketones (excluding diaryl/α,β-unsaturated/α-hetero) is 1. The molecule has 33 heavy (non-hydrogen) atoms. The summed E-state index contributed by atoms with van der Waals surface area (Å²) < 4.78 is 5.66. The van der Waals surface area contributed by atoms with Crippen LogP contribution in [0.25, 0.3) is 0 Å². The zero-order valence-electron chi connectivity index (χ0n) is 20.1. The molecule has 2 aliphatic heterocycles. The standard InChI is InChI=1S/C27H37NO4S/c1-4-8-20(33)23(30)27(24(31)32-5-2)16-26-12-7-6-11-25(26)15-22(27)28(3)21(26)13-17-9-10-18(29)14-19(17)25/h9-10,14,20-22,29,33H,4-8,11-13,15-16H2,1-3H3/t20?,21?,22?,25-,26-,27?/m1/s1. The fraction of sp³-hybridized carbons (Fsp3) is 0.704. The van der Waals surface area contributed by atoms with Gasteiger partial charge in [0.1, 0.15) is 11.2 Å². The normalized spacial score (nSPS) is 37.7. The van der Waals surface area contributed by atoms with Crippen molar-refractivity contribution in [2.24, 2.45) is 10.8 Å². The lowest BCUT2D eigenvalue weighted by Gasteiger charge is -2.75. The summed E-state index contributed by atoms with van der Waals surface area (Å²) in [5, 5.41) is 9.97. The number of phenolic OH excluding ortho intramolecular Hbond substituents is 1. The summed E-state index contributed by atoms with van der Waals surface area (Å²) in [4.78, 5) is 30.2. The van der Waals surface area contributed by atoms with Gasteiger partial charge in [-0.3, -0.25) is 14.5 Å². The average Bonchev–Trinajstić information content (AvgIpc) is 2.80. The molecule has 2 saturated carbocycles. The molecule has 0 amide bonds. The third-order valence-corrected chi connectivity index (χ3v) is 10.2. The maximum atomic E-state index is 14.1. The highest BCUT2D eigenvalue weighted by molar-refractivity contribution is 7.81. The molecule has 180 valence electrons. The molecule has 4 bridgehead atoms. The van der Waals surface area contributed by atoms with E-state index in [0.29, 0.717) is 18.6 Å². The summed E-state index contributed by atoms with van der Waals surface area (Å²) in [6.45, 7) is 4.14. The smallest absolute Gasteiger partial charge is 0.321 e. The number of phenols is 1. The number of ether oxygens (including phenoxy) is 1. The van der Waals surface area contributed by atoms with Crippen molar-refractivity contribution in [2.75, 3.05) is 13.7 Å². The number of nitrogens with zero attached hydrogens (tertiary/aromatic N) is 1. The van der Waals surface area contributed by atoms with E-state index in [1.54, 1.807) is 6.07 Å². The number of hydrogen-bond acceptors (Lipinski definition) is 6. The third kappa shape index (κ3) is 2.89. The van der Waals surface area contributed by atoms with E-state index in [9.17, 15) is 14.7 Å². The van der Waals surface area contributed by atoms with Crippen LogP contribution in [0.4, 0.5) is 0 Å². The first-order chi connectivity index (χ1) is 15.8. The Morgan fingerprint density at radius 2 is 2.00 bits per heavy atom. The molecule has 4 fully saturated rings. The Kier molecular flexibility index (Phi) is 5.64. The Labute approximate surface area is 202 Å². The Morgan fingerprint density at radius 3 is 2.73 bits per heavy atom. The fourth-order valence-electron chi connectivity index (χ4n) is 8.51. The highest BCUT2D eigenvalue weighted by Gasteiger charge is 2.76. The zero-order chi connectivity index (χ0) is 23.6. The minimum absolute atomic E-state index is 0.0447. The summed E-state index contributed by atoms with van der Waals surface area (Å²) in [6.07, 6.45) is 8.03. The number of hydrogen-bond donors (Lipinski definition) is 2. The number of thiol groups is 1. The molecular formula is C27H37NO4S. The van der Waals surface area contributed by atoms with Crippen LogP contribution >= 0.6 is 12.6 Å². The minimum Gasteiger partial charge on any atom is -0.508 e. The van der Waals surface area contributed by atoms with Crippen molar-refractivity contribution in [1.29, 1.82) is 0 Å². The molecule has 3 aliphatic carbocycles. The molecule has 6 atom stereocenters. The maximum Gasteiger partial charge on any atom is 0.321 e. The molecule has 5 nitrogen and oxygen atoms in total. The van der Waals surface area contributed by atoms with Gasteiger partial charge < -0.3 is 9.84 Å². The molecular weight excluding hydrogens is 434 g/mol. The van der Waals surface area contributed by atoms with Crippen molar-refractivity contribution in [3.63, 3.8) is 0 Å². The van der Waals surface area contributed by atoms with Gasteiger partial charge >= 0.3 is 5.97 Å². The van der Waals surface area contributed by atoms with Gasteiger partial charge in [-0.25, -0.2) is 0 Å². The van der Waals surface area contributed by atoms with Crippen molar-refractivity contribution >= 4 is 24.4 Å². The lowest BCUT2D eigenvalue weighted by Crippen LogP contribution is -2.80. The summed E-state index contributed by atoms with van der Waals surface area (Å²) in [7, 11) is 2.12. The highest BCUT2D eigenvalue weighted by atomic mass is 32.1. The van der Waals surface area contributed by atoms with Gasteiger partial charge in [-0.1, -0.05) is 32.3 Å². The summed E-state index contributed by atoms with van der Waals surface area (Å²) in [5.74, 6) is -0.0874. The Balaban J connectivity index is 1.71. The van der Waals surface area contributed by atoms with Gasteiger partial charge in [-0.2, -0.15) is 12.6 Å². The predicted octanol–water partition coefficient (Wildman–Crippen LogP) is 4.44. The van der Waals surface area contributed by atoms with Gasteiger partial charge in [0, 0.05) is 17.5 Å². The van der Waals surface area contributed by atoms with Crippen LogP contribution in [0.15, 0.2) is 18.2 Å². The second-order valence-corrected chi connectivity index (χ2v) is 11.6. The Hall–Kier alpha value is -1.53. The van der Waals surface area contributed by atoms with Gasteiger partial charge in [0.2, 0.25) is 0 Å². The predicted molar refractivity (Wildman–Crippen MR) is 131 cm³/mol. The number of fused-ring (bicyclic) bond motifs is 2. The molecule has 2 saturated heterocycles. The minimum atomic E-state index is -1.17. The second kappa shape index (κ2) is 8.01. The fourth-order valence-corrected chi connectivity index (χ4v) is 9.00. The van der Waals surface area contributed by atoms with E-state index in [-0.39, 0.29) is 41.3 Å². The van der Waals surface area contributed by atoms with Crippen molar-refractivity contribution in [3.8, 4) is 5.75 Å². The van der Waals surface area contributed by atoms with Crippen LogP contribution in [0, 0.1) is 10.8 Å². The molecule has 6 rings (SSSR count). The van der Waals surface area contributed by atoms with Crippen molar-refractivity contribution in [2.45, 2.75) is 94.4 Å². The number of esters is 1. The van der Waals surface area contributed by atoms with E-state index >= 15 is 0 Å². The first-order valence-corrected chi connectivity index (χ1v) is 13.2. The van der Waals surface area contributed by atoms with Gasteiger partial charge in [-0.05, 0) is 81.2 Å². The third-order valence-electron chi connectivity index (χ3n) is 9.72. The van der Waals surface area contributed by atoms with Crippen LogP contribution in [0.5, 0.6) is 5.75 Å². The molecule has 5 aliphatic rings. The number of benzene rings is 1. The van der Waals surface area contributed by atoms with E-state index in [0.717, 1.165) is 44.9 Å². The van der Waals surface area contributed by atoms with E-state index in [1.807, 2.05) is 13.0 Å². The molecule has 0 aromatic heterocycles. The first-order valence-electron chi connectivity index (χ1n) is 12.7. The monoisotopic (exact) mass is 471 g/mol. The molecule has 4 unspecified atom stereocenters. The quantitative estimate of drug-likeness (QED) is 0.365. The Morgan fingerprint density at radius 1 is 1.24 bits per heavy atom. The van der Waals surface area contributed by atoms with Crippen LogP contribution in [0.3, 0.4) is 0 Å². The van der Waals surface area contributed by atoms with E-state index in [1.165, 1.54) is 11.1 Å². The van der Waals surface area contributed by atoms with E-state index in [4.69, 9.17) is 17.4 Å². The number of carbonyl (C=O) groups excluding carboxylic acids is 2. The molecule has 0 radical (unpaired) electrons. The number of rotatable bonds is 6. The number of piperidine rings is 2. The van der Waals surface area contributed by atoms with E-state index in [2.05, 4.69) is 24.9 Å². The van der Waals surface area contributed by atoms with Crippen LogP contribution in [-0.2, 0) is 26.2 Å². The number of ketones is 1. The SMILES string of the molecule is CCCC(S)C(=O)C1(C(=O)OCC)C[C@@]23CCCC[C@]24CC1N(C)C3Cc1ccc(O)cc14. The van der Waals surface area contributed by atoms with Crippen molar-refractivity contribution in [3.05, 3.63) is 29.3 Å². The summed E-state index contributed by atoms with van der Waals surface area (Å²) in [6, 6.07) is 5.94. The number of carbonyl (C=O) groups is 2. The second-order valence-electron chi connectivity index (χ2n) is 10.9. The Bertz CT molecular complexity index is 981. The summed E-state index contributed by atoms with van der Waals surface area (Å²) in [5.41, 5.74) is 1.12. The topological polar surface area (TPSA) is 66.8 Å². The highest BCUT2D eigenvalue weighted by Crippen LogP contribution is 2.73. The largest absolute Gasteiger partial charge is 0.508 e. The van der Waals surface area contributed by atoms with Gasteiger partial charge in [-0.15, -0.1) is 0 Å². The summed E-state index contributed by atoms with van der Waals surface area (Å²) >= 11 is 4.70. The van der Waals surface area contributed by atoms with Gasteiger partial charge in [0.25, 0.3) is 0 Å². The van der Waals surface area contributed by atoms with Crippen LogP contribution < -0.4 is 0 Å². The lowest BCUT2D eigenvalue weighted by molar-refractivity contribution is -0.223. The van der Waals surface area contributed by atoms with Gasteiger partial charge in [0.05, 0.1) is 11.9 Å². The molecule has 1 aromatic carbocycles. The lowest BCUT2D eigenvalue weighted by atomic mass is 9.34. The molecule has 1 aromatic rings. The molecule has 6 heteroatoms. The zero-order valence-corrected chi connectivity index (χ0v) is 21.0. The van der Waals surface area contributed by atoms with Crippen LogP contribution in [-0.4, -0.2) is 52.7 Å².